The van der Waals surface area contributed by atoms with E-state index in [0.717, 1.165) is 24.3 Å². The van der Waals surface area contributed by atoms with Crippen LogP contribution >= 0.6 is 23.2 Å². The van der Waals surface area contributed by atoms with E-state index >= 15 is 0 Å². The summed E-state index contributed by atoms with van der Waals surface area (Å²) < 4.78 is -1.75. The fourth-order valence-corrected chi connectivity index (χ4v) is 5.41. The molecule has 15 nitrogen and oxygen atoms in total. The van der Waals surface area contributed by atoms with E-state index in [4.69, 9.17) is 28.0 Å². The molecule has 0 radical (unpaired) electrons. The number of nitrogens with zero attached hydrogens (tertiary/aromatic N) is 5. The fraction of sp³-hybridized carbons (Fsp3) is 0.292. The molecule has 3 atom stereocenters. The zero-order valence-electron chi connectivity index (χ0n) is 21.5. The van der Waals surface area contributed by atoms with Crippen molar-refractivity contribution >= 4 is 64.0 Å². The highest BCUT2D eigenvalue weighted by Gasteiger charge is 2.84. The maximum atomic E-state index is 14.0. The number of halogens is 2. The molecule has 1 N–H and O–H groups in total. The number of urea groups is 1. The number of nitro benzene ring substituents is 2. The lowest BCUT2D eigenvalue weighted by molar-refractivity contribution is -1.19. The Morgan fingerprint density at radius 3 is 2.00 bits per heavy atom. The van der Waals surface area contributed by atoms with Crippen LogP contribution in [0, 0.1) is 20.2 Å². The number of imide groups is 1. The van der Waals surface area contributed by atoms with E-state index in [0.29, 0.717) is 12.8 Å². The minimum Gasteiger partial charge on any atom is -0.312 e. The third-order valence-corrected chi connectivity index (χ3v) is 7.16. The fourth-order valence-electron chi connectivity index (χ4n) is 5.07. The highest BCUT2D eigenvalue weighted by molar-refractivity contribution is 6.45. The predicted molar refractivity (Wildman–Crippen MR) is 142 cm³/mol. The van der Waals surface area contributed by atoms with Crippen molar-refractivity contribution in [2.75, 3.05) is 13.1 Å². The summed E-state index contributed by atoms with van der Waals surface area (Å²) in [7, 11) is 0. The van der Waals surface area contributed by atoms with E-state index in [1.807, 2.05) is 0 Å². The van der Waals surface area contributed by atoms with Gasteiger partial charge >= 0.3 is 17.9 Å². The molecule has 214 valence electrons. The molecule has 41 heavy (non-hydrogen) atoms. The number of quaternary nitrogens is 2. The van der Waals surface area contributed by atoms with Gasteiger partial charge in [-0.25, -0.2) is 9.59 Å². The van der Waals surface area contributed by atoms with Crippen molar-refractivity contribution in [1.82, 2.24) is 5.53 Å². The number of benzene rings is 2. The van der Waals surface area contributed by atoms with Gasteiger partial charge in [0.1, 0.15) is 24.2 Å². The standard InChI is InChI=1S/C24H22Cl2N6O9/c1-3-9-31-20(21(33)15-7-5-13(25)11-17(15)29(37)38)19(22(34)32(28-31,10-4-2)24(31)36)27-41-23(35)16-8-6-14(26)12-18(16)30(39)40/h5-8,11-12,20,28H,3-4,9-10H2,1-2H3/q+2. The average molecular weight is 609 g/mol. The van der Waals surface area contributed by atoms with Crippen molar-refractivity contribution < 1.29 is 43.0 Å². The molecule has 3 saturated heterocycles. The Hall–Kier alpha value is -4.15. The second-order valence-electron chi connectivity index (χ2n) is 9.27. The molecule has 3 aliphatic rings. The molecule has 2 aromatic carbocycles. The average Bonchev–Trinajstić information content (AvgIpc) is 2.92. The number of carbonyl (C=O) groups excluding carboxylic acids is 4. The van der Waals surface area contributed by atoms with Crippen LogP contribution in [0.4, 0.5) is 16.2 Å². The van der Waals surface area contributed by atoms with E-state index < -0.39 is 77.0 Å². The van der Waals surface area contributed by atoms with Gasteiger partial charge in [-0.1, -0.05) is 46.8 Å². The monoisotopic (exact) mass is 608 g/mol. The molecule has 3 unspecified atom stereocenters. The van der Waals surface area contributed by atoms with Crippen LogP contribution in [0.2, 0.25) is 10.0 Å². The Morgan fingerprint density at radius 1 is 0.951 bits per heavy atom. The molecule has 5 rings (SSSR count). The first kappa shape index (κ1) is 29.8. The van der Waals surface area contributed by atoms with Gasteiger partial charge in [-0.3, -0.25) is 25.0 Å². The highest BCUT2D eigenvalue weighted by atomic mass is 35.5. The number of amides is 3. The molecule has 0 spiro atoms. The normalized spacial score (nSPS) is 24.1. The summed E-state index contributed by atoms with van der Waals surface area (Å²) in [5.41, 5.74) is -0.158. The van der Waals surface area contributed by atoms with Crippen LogP contribution < -0.4 is 5.53 Å². The van der Waals surface area contributed by atoms with Crippen molar-refractivity contribution in [3.8, 4) is 0 Å². The lowest BCUT2D eigenvalue weighted by Crippen LogP contribution is -3.00. The first-order chi connectivity index (χ1) is 19.3. The first-order valence-corrected chi connectivity index (χ1v) is 13.0. The molecule has 0 aromatic heterocycles. The number of rotatable bonds is 10. The zero-order valence-corrected chi connectivity index (χ0v) is 23.0. The van der Waals surface area contributed by atoms with Crippen LogP contribution in [-0.2, 0) is 9.63 Å². The molecule has 3 amide bonds. The lowest BCUT2D eigenvalue weighted by Gasteiger charge is -2.55. The van der Waals surface area contributed by atoms with Gasteiger partial charge < -0.3 is 4.84 Å². The van der Waals surface area contributed by atoms with E-state index in [1.165, 1.54) is 12.1 Å². The predicted octanol–water partition coefficient (Wildman–Crippen LogP) is 4.12. The largest absolute Gasteiger partial charge is 0.570 e. The summed E-state index contributed by atoms with van der Waals surface area (Å²) in [5, 5.41) is 26.8. The third-order valence-electron chi connectivity index (χ3n) is 6.69. The highest BCUT2D eigenvalue weighted by Crippen LogP contribution is 2.40. The van der Waals surface area contributed by atoms with E-state index in [2.05, 4.69) is 10.7 Å². The molecule has 0 aliphatic carbocycles. The quantitative estimate of drug-likeness (QED) is 0.135. The number of Topliss-reactive ketones (excluding diaryl/α,β-unsaturated/α-hetero) is 1. The minimum atomic E-state index is -1.79. The summed E-state index contributed by atoms with van der Waals surface area (Å²) >= 11 is 11.7. The summed E-state index contributed by atoms with van der Waals surface area (Å²) in [5.74, 6) is -3.39. The number of oxime groups is 1. The van der Waals surface area contributed by atoms with Gasteiger partial charge in [-0.2, -0.15) is 4.79 Å². The van der Waals surface area contributed by atoms with Gasteiger partial charge in [0.2, 0.25) is 11.8 Å². The Bertz CT molecular complexity index is 1560. The summed E-state index contributed by atoms with van der Waals surface area (Å²) in [6, 6.07) is 3.93. The van der Waals surface area contributed by atoms with Crippen LogP contribution in [-0.4, -0.2) is 67.6 Å². The number of ketones is 1. The maximum Gasteiger partial charge on any atom is 0.570 e. The van der Waals surface area contributed by atoms with Crippen molar-refractivity contribution in [2.45, 2.75) is 32.7 Å². The molecular weight excluding hydrogens is 587 g/mol. The summed E-state index contributed by atoms with van der Waals surface area (Å²) in [4.78, 5) is 80.7. The van der Waals surface area contributed by atoms with Gasteiger partial charge in [0.05, 0.1) is 9.85 Å². The number of hydrogen-bond donors (Lipinski definition) is 1. The van der Waals surface area contributed by atoms with Crippen LogP contribution in [0.5, 0.6) is 0 Å². The number of nitrogens with one attached hydrogen (secondary N) is 1. The Balaban J connectivity index is 1.87. The number of carbonyl (C=O) groups is 4. The van der Waals surface area contributed by atoms with E-state index in [9.17, 15) is 39.4 Å². The van der Waals surface area contributed by atoms with Crippen LogP contribution in [0.15, 0.2) is 41.6 Å². The molecule has 17 heteroatoms. The SMILES string of the molecule is CCC[N+]12N[N+](CCC)(C1=O)C(C(=O)c1ccc(Cl)cc1[N+](=O)[O-])C(=NOC(=O)c1ccc(Cl)cc1[N+](=O)[O-])C2=O. The molecular formula is C24H22Cl2N6O9+2. The van der Waals surface area contributed by atoms with Crippen LogP contribution in [0.25, 0.3) is 0 Å². The Kier molecular flexibility index (Phi) is 8.02. The molecule has 2 aromatic rings. The van der Waals surface area contributed by atoms with Gasteiger partial charge in [0, 0.05) is 27.7 Å². The second kappa shape index (κ2) is 11.0. The van der Waals surface area contributed by atoms with Crippen LogP contribution in [0.1, 0.15) is 47.4 Å². The third kappa shape index (κ3) is 4.76. The van der Waals surface area contributed by atoms with Crippen molar-refractivity contribution in [3.05, 3.63) is 77.8 Å². The maximum absolute atomic E-state index is 14.0. The van der Waals surface area contributed by atoms with Crippen LogP contribution in [0.3, 0.4) is 0 Å². The summed E-state index contributed by atoms with van der Waals surface area (Å²) in [6.07, 6.45) is 0.678. The summed E-state index contributed by atoms with van der Waals surface area (Å²) in [6.45, 7) is 3.38. The molecule has 3 aliphatic heterocycles. The number of fused-ring (bicyclic) bond motifs is 2. The van der Waals surface area contributed by atoms with Gasteiger partial charge in [0.25, 0.3) is 17.1 Å². The van der Waals surface area contributed by atoms with Gasteiger partial charge in [0.15, 0.2) is 0 Å². The lowest BCUT2D eigenvalue weighted by atomic mass is 9.91. The van der Waals surface area contributed by atoms with Crippen molar-refractivity contribution in [2.24, 2.45) is 5.16 Å². The van der Waals surface area contributed by atoms with Crippen molar-refractivity contribution in [3.63, 3.8) is 0 Å². The topological polar surface area (TPSA) is 188 Å². The van der Waals surface area contributed by atoms with E-state index in [-0.39, 0.29) is 23.1 Å². The van der Waals surface area contributed by atoms with E-state index in [1.54, 1.807) is 13.8 Å². The van der Waals surface area contributed by atoms with Crippen molar-refractivity contribution in [1.29, 1.82) is 0 Å². The first-order valence-electron chi connectivity index (χ1n) is 12.2. The zero-order chi connectivity index (χ0) is 30.3. The number of hydrogen-bond acceptors (Lipinski definition) is 11. The Morgan fingerprint density at radius 2 is 1.49 bits per heavy atom. The minimum absolute atomic E-state index is 0.0246. The smallest absolute Gasteiger partial charge is 0.312 e. The second-order valence-corrected chi connectivity index (χ2v) is 10.1. The van der Waals surface area contributed by atoms with Gasteiger partial charge in [-0.05, 0) is 41.7 Å². The number of nitro groups is 2. The molecule has 3 heterocycles. The Labute approximate surface area is 241 Å². The molecule has 2 bridgehead atoms. The van der Waals surface area contributed by atoms with Gasteiger partial charge in [-0.15, -0.1) is 0 Å². The molecule has 0 saturated carbocycles. The molecule has 3 fully saturated rings.